The maximum absolute atomic E-state index is 9.37. The Bertz CT molecular complexity index is 234. The van der Waals surface area contributed by atoms with Crippen LogP contribution in [-0.2, 0) is 4.79 Å². The molecule has 1 aromatic rings. The average Bonchev–Trinajstić information content (AvgIpc) is 2.38. The molecule has 0 unspecified atom stereocenters. The van der Waals surface area contributed by atoms with Gasteiger partial charge in [0.1, 0.15) is 0 Å². The van der Waals surface area contributed by atoms with Crippen molar-refractivity contribution in [1.29, 1.82) is 0 Å². The van der Waals surface area contributed by atoms with Gasteiger partial charge < -0.3 is 10.8 Å². The second-order valence-corrected chi connectivity index (χ2v) is 2.66. The van der Waals surface area contributed by atoms with Crippen molar-refractivity contribution in [2.45, 2.75) is 48.0 Å². The van der Waals surface area contributed by atoms with Crippen LogP contribution in [0.5, 0.6) is 0 Å². The molecule has 0 bridgehead atoms. The molecule has 0 aliphatic carbocycles. The molecule has 0 aromatic heterocycles. The number of benzene rings is 1. The molecule has 3 heteroatoms. The number of aliphatic carboxylic acids is 1. The molecule has 0 fully saturated rings. The van der Waals surface area contributed by atoms with Crippen LogP contribution in [0.4, 0.5) is 5.69 Å². The molecular weight excluding hydrogens is 214 g/mol. The molecule has 0 amide bonds. The summed E-state index contributed by atoms with van der Waals surface area (Å²) in [4.78, 5) is 9.37. The van der Waals surface area contributed by atoms with Crippen LogP contribution in [0.15, 0.2) is 24.3 Å². The Labute approximate surface area is 106 Å². The summed E-state index contributed by atoms with van der Waals surface area (Å²) in [5, 5.41) is 7.72. The first kappa shape index (κ1) is 20.8. The SMILES string of the molecule is CC.CC.CCC(=O)O.Cc1ccc(N)cc1. The van der Waals surface area contributed by atoms with E-state index in [1.54, 1.807) is 6.92 Å². The Kier molecular flexibility index (Phi) is 20.7. The number of anilines is 1. The fourth-order valence-corrected chi connectivity index (χ4v) is 0.566. The fraction of sp³-hybridized carbons (Fsp3) is 0.500. The van der Waals surface area contributed by atoms with Gasteiger partial charge in [-0.25, -0.2) is 0 Å². The van der Waals surface area contributed by atoms with Crippen LogP contribution < -0.4 is 5.73 Å². The second kappa shape index (κ2) is 16.9. The summed E-state index contributed by atoms with van der Waals surface area (Å²) >= 11 is 0. The number of nitrogens with two attached hydrogens (primary N) is 1. The third kappa shape index (κ3) is 20.5. The molecule has 0 aliphatic rings. The number of carboxylic acid groups (broad SMARTS) is 1. The second-order valence-electron chi connectivity index (χ2n) is 2.66. The lowest BCUT2D eigenvalue weighted by atomic mass is 10.2. The first-order valence-corrected chi connectivity index (χ1v) is 6.10. The molecule has 1 aromatic carbocycles. The minimum atomic E-state index is -0.745. The molecule has 3 nitrogen and oxygen atoms in total. The summed E-state index contributed by atoms with van der Waals surface area (Å²) in [6, 6.07) is 7.79. The summed E-state index contributed by atoms with van der Waals surface area (Å²) in [6.07, 6.45) is 0.222. The van der Waals surface area contributed by atoms with Crippen molar-refractivity contribution in [2.24, 2.45) is 0 Å². The van der Waals surface area contributed by atoms with Gasteiger partial charge in [-0.2, -0.15) is 0 Å². The zero-order chi connectivity index (χ0) is 14.3. The van der Waals surface area contributed by atoms with E-state index in [0.29, 0.717) is 0 Å². The van der Waals surface area contributed by atoms with Gasteiger partial charge in [-0.15, -0.1) is 0 Å². The maximum atomic E-state index is 9.37. The van der Waals surface area contributed by atoms with Crippen LogP contribution in [0.3, 0.4) is 0 Å². The highest BCUT2D eigenvalue weighted by atomic mass is 16.4. The number of hydrogen-bond acceptors (Lipinski definition) is 2. The highest BCUT2D eigenvalue weighted by Crippen LogP contribution is 2.02. The fourth-order valence-electron chi connectivity index (χ4n) is 0.566. The van der Waals surface area contributed by atoms with Gasteiger partial charge in [-0.05, 0) is 19.1 Å². The van der Waals surface area contributed by atoms with Crippen molar-refractivity contribution < 1.29 is 9.90 Å². The molecule has 17 heavy (non-hydrogen) atoms. The maximum Gasteiger partial charge on any atom is 0.303 e. The Balaban J connectivity index is -0.000000190. The molecule has 3 N–H and O–H groups in total. The van der Waals surface area contributed by atoms with E-state index in [-0.39, 0.29) is 6.42 Å². The molecule has 0 heterocycles. The number of nitrogen functional groups attached to an aromatic ring is 1. The van der Waals surface area contributed by atoms with Crippen molar-refractivity contribution in [3.63, 3.8) is 0 Å². The molecule has 0 spiro atoms. The topological polar surface area (TPSA) is 63.3 Å². The minimum absolute atomic E-state index is 0.222. The average molecular weight is 241 g/mol. The molecule has 0 aliphatic heterocycles. The van der Waals surface area contributed by atoms with Crippen molar-refractivity contribution in [2.75, 3.05) is 5.73 Å². The summed E-state index contributed by atoms with van der Waals surface area (Å²) in [6.45, 7) is 11.6. The lowest BCUT2D eigenvalue weighted by Crippen LogP contribution is -1.86. The Morgan fingerprint density at radius 3 is 1.59 bits per heavy atom. The predicted octanol–water partition coefficient (Wildman–Crippen LogP) is 4.11. The van der Waals surface area contributed by atoms with E-state index in [4.69, 9.17) is 10.8 Å². The van der Waals surface area contributed by atoms with Gasteiger partial charge in [0.15, 0.2) is 0 Å². The normalized spacial score (nSPS) is 7.18. The summed E-state index contributed by atoms with van der Waals surface area (Å²) in [5.41, 5.74) is 7.51. The zero-order valence-corrected chi connectivity index (χ0v) is 11.9. The standard InChI is InChI=1S/C7H9N.C3H6O2.2C2H6/c1-6-2-4-7(8)5-3-6;1-2-3(4)5;2*1-2/h2-5H,8H2,1H3;2H2,1H3,(H,4,5);2*1-2H3. The number of carbonyl (C=O) groups is 1. The highest BCUT2D eigenvalue weighted by molar-refractivity contribution is 5.66. The summed E-state index contributed by atoms with van der Waals surface area (Å²) in [5.74, 6) is -0.745. The van der Waals surface area contributed by atoms with E-state index >= 15 is 0 Å². The van der Waals surface area contributed by atoms with Gasteiger partial charge in [-0.1, -0.05) is 52.3 Å². The van der Waals surface area contributed by atoms with E-state index in [2.05, 4.69) is 0 Å². The lowest BCUT2D eigenvalue weighted by Gasteiger charge is -1.90. The molecule has 0 atom stereocenters. The largest absolute Gasteiger partial charge is 0.481 e. The Hall–Kier alpha value is -1.51. The van der Waals surface area contributed by atoms with Gasteiger partial charge in [0.2, 0.25) is 0 Å². The van der Waals surface area contributed by atoms with Crippen LogP contribution in [0.25, 0.3) is 0 Å². The van der Waals surface area contributed by atoms with E-state index in [9.17, 15) is 4.79 Å². The molecular formula is C14H27NO2. The van der Waals surface area contributed by atoms with Crippen molar-refractivity contribution in [1.82, 2.24) is 0 Å². The Morgan fingerprint density at radius 2 is 1.41 bits per heavy atom. The van der Waals surface area contributed by atoms with E-state index in [1.165, 1.54) is 5.56 Å². The van der Waals surface area contributed by atoms with Crippen LogP contribution in [0.2, 0.25) is 0 Å². The third-order valence-electron chi connectivity index (χ3n) is 1.38. The predicted molar refractivity (Wildman–Crippen MR) is 76.2 cm³/mol. The number of rotatable bonds is 1. The van der Waals surface area contributed by atoms with Crippen molar-refractivity contribution >= 4 is 11.7 Å². The smallest absolute Gasteiger partial charge is 0.303 e. The highest BCUT2D eigenvalue weighted by Gasteiger charge is 1.81. The number of carboxylic acids is 1. The quantitative estimate of drug-likeness (QED) is 0.727. The van der Waals surface area contributed by atoms with Crippen LogP contribution >= 0.6 is 0 Å². The number of hydrogen-bond donors (Lipinski definition) is 2. The monoisotopic (exact) mass is 241 g/mol. The van der Waals surface area contributed by atoms with Gasteiger partial charge in [0, 0.05) is 12.1 Å². The first-order valence-electron chi connectivity index (χ1n) is 6.10. The molecule has 0 saturated carbocycles. The van der Waals surface area contributed by atoms with Gasteiger partial charge in [0.05, 0.1) is 0 Å². The molecule has 0 saturated heterocycles. The molecule has 1 rings (SSSR count). The Morgan fingerprint density at radius 1 is 1.12 bits per heavy atom. The van der Waals surface area contributed by atoms with Crippen LogP contribution in [-0.4, -0.2) is 11.1 Å². The van der Waals surface area contributed by atoms with Crippen molar-refractivity contribution in [3.8, 4) is 0 Å². The van der Waals surface area contributed by atoms with Crippen molar-refractivity contribution in [3.05, 3.63) is 29.8 Å². The van der Waals surface area contributed by atoms with Gasteiger partial charge in [0.25, 0.3) is 0 Å². The number of aryl methyl sites for hydroxylation is 1. The molecule has 0 radical (unpaired) electrons. The first-order chi connectivity index (χ1) is 8.06. The zero-order valence-electron chi connectivity index (χ0n) is 11.9. The van der Waals surface area contributed by atoms with E-state index in [0.717, 1.165) is 5.69 Å². The van der Waals surface area contributed by atoms with Gasteiger partial charge >= 0.3 is 5.97 Å². The lowest BCUT2D eigenvalue weighted by molar-refractivity contribution is -0.136. The van der Waals surface area contributed by atoms with Crippen LogP contribution in [0, 0.1) is 6.92 Å². The third-order valence-corrected chi connectivity index (χ3v) is 1.38. The van der Waals surface area contributed by atoms with E-state index in [1.807, 2.05) is 58.9 Å². The molecule has 100 valence electrons. The summed E-state index contributed by atoms with van der Waals surface area (Å²) in [7, 11) is 0. The minimum Gasteiger partial charge on any atom is -0.481 e. The van der Waals surface area contributed by atoms with E-state index < -0.39 is 5.97 Å². The summed E-state index contributed by atoms with van der Waals surface area (Å²) < 4.78 is 0. The van der Waals surface area contributed by atoms with Crippen LogP contribution in [0.1, 0.15) is 46.6 Å². The van der Waals surface area contributed by atoms with Gasteiger partial charge in [-0.3, -0.25) is 4.79 Å².